The molecule has 50 valence electrons. The molecule has 1 atom stereocenters. The maximum Gasteiger partial charge on any atom is 0.0896 e. The molecule has 1 heterocycles. The first-order chi connectivity index (χ1) is 4.33. The van der Waals surface area contributed by atoms with Crippen molar-refractivity contribution in [3.8, 4) is 0 Å². The largest absolute Gasteiger partial charge is 0.340 e. The Morgan fingerprint density at radius 2 is 2.44 bits per heavy atom. The highest BCUT2D eigenvalue weighted by atomic mass is 15.1. The van der Waals surface area contributed by atoms with Crippen molar-refractivity contribution in [1.82, 2.24) is 4.90 Å². The minimum Gasteiger partial charge on any atom is -0.340 e. The van der Waals surface area contributed by atoms with Crippen LogP contribution in [0.25, 0.3) is 0 Å². The lowest BCUT2D eigenvalue weighted by Crippen LogP contribution is -2.19. The van der Waals surface area contributed by atoms with Crippen molar-refractivity contribution in [3.63, 3.8) is 0 Å². The summed E-state index contributed by atoms with van der Waals surface area (Å²) in [4.78, 5) is 6.25. The summed E-state index contributed by atoms with van der Waals surface area (Å²) in [6.07, 6.45) is 6.03. The molecule has 1 aliphatic heterocycles. The van der Waals surface area contributed by atoms with E-state index < -0.39 is 0 Å². The first-order valence-electron chi connectivity index (χ1n) is 3.30. The van der Waals surface area contributed by atoms with E-state index in [0.29, 0.717) is 6.04 Å². The first kappa shape index (κ1) is 6.33. The van der Waals surface area contributed by atoms with E-state index in [1.165, 1.54) is 0 Å². The predicted octanol–water partition coefficient (Wildman–Crippen LogP) is 1.25. The summed E-state index contributed by atoms with van der Waals surface area (Å²) >= 11 is 0. The van der Waals surface area contributed by atoms with E-state index in [4.69, 9.17) is 0 Å². The van der Waals surface area contributed by atoms with Gasteiger partial charge in [0, 0.05) is 12.7 Å². The van der Waals surface area contributed by atoms with Gasteiger partial charge in [-0.25, -0.2) is 0 Å². The van der Waals surface area contributed by atoms with Crippen LogP contribution in [0.2, 0.25) is 0 Å². The third-order valence-electron chi connectivity index (χ3n) is 1.37. The van der Waals surface area contributed by atoms with Gasteiger partial charge in [0.2, 0.25) is 0 Å². The molecule has 0 amide bonds. The van der Waals surface area contributed by atoms with Gasteiger partial charge in [-0.2, -0.15) is 0 Å². The second kappa shape index (κ2) is 2.67. The molecule has 0 spiro atoms. The molecule has 0 bridgehead atoms. The molecule has 0 saturated heterocycles. The molecule has 2 heteroatoms. The maximum atomic E-state index is 4.20. The third kappa shape index (κ3) is 1.56. The zero-order chi connectivity index (χ0) is 6.69. The molecule has 2 nitrogen and oxygen atoms in total. The minimum absolute atomic E-state index is 0.368. The number of nitrogens with zero attached hydrogens (tertiary/aromatic N) is 2. The summed E-state index contributed by atoms with van der Waals surface area (Å²) in [5.74, 6) is 0. The van der Waals surface area contributed by atoms with Crippen LogP contribution in [0.5, 0.6) is 0 Å². The topological polar surface area (TPSA) is 15.6 Å². The van der Waals surface area contributed by atoms with Crippen molar-refractivity contribution in [2.45, 2.75) is 19.9 Å². The van der Waals surface area contributed by atoms with E-state index in [9.17, 15) is 0 Å². The third-order valence-corrected chi connectivity index (χ3v) is 1.37. The van der Waals surface area contributed by atoms with E-state index in [1.807, 2.05) is 6.34 Å². The van der Waals surface area contributed by atoms with Gasteiger partial charge in [0.15, 0.2) is 0 Å². The van der Waals surface area contributed by atoms with Gasteiger partial charge in [0.05, 0.1) is 12.4 Å². The average Bonchev–Trinajstić information content (AvgIpc) is 1.90. The molecule has 0 radical (unpaired) electrons. The van der Waals surface area contributed by atoms with E-state index >= 15 is 0 Å². The van der Waals surface area contributed by atoms with Crippen LogP contribution in [0.3, 0.4) is 0 Å². The average molecular weight is 124 g/mol. The van der Waals surface area contributed by atoms with Crippen LogP contribution in [-0.4, -0.2) is 23.8 Å². The second-order valence-corrected chi connectivity index (χ2v) is 2.18. The van der Waals surface area contributed by atoms with Crippen molar-refractivity contribution in [2.75, 3.05) is 6.54 Å². The van der Waals surface area contributed by atoms with E-state index in [-0.39, 0.29) is 0 Å². The monoisotopic (exact) mass is 124 g/mol. The Hall–Kier alpha value is -0.790. The highest BCUT2D eigenvalue weighted by Gasteiger charge is 1.98. The summed E-state index contributed by atoms with van der Waals surface area (Å²) in [5, 5.41) is 0. The second-order valence-electron chi connectivity index (χ2n) is 2.18. The number of aliphatic imine (C=N–C) groups is 1. The zero-order valence-electron chi connectivity index (χ0n) is 5.91. The first-order valence-corrected chi connectivity index (χ1v) is 3.30. The molecule has 0 fully saturated rings. The number of hydrogen-bond acceptors (Lipinski definition) is 2. The minimum atomic E-state index is 0.368. The fraction of sp³-hybridized carbons (Fsp3) is 0.571. The van der Waals surface area contributed by atoms with Gasteiger partial charge < -0.3 is 4.90 Å². The van der Waals surface area contributed by atoms with Crippen LogP contribution in [0.1, 0.15) is 13.8 Å². The van der Waals surface area contributed by atoms with E-state index in [0.717, 1.165) is 6.54 Å². The van der Waals surface area contributed by atoms with Crippen LogP contribution < -0.4 is 0 Å². The molecule has 9 heavy (non-hydrogen) atoms. The SMILES string of the molecule is CCN1C=CC(C)N=C1. The summed E-state index contributed by atoms with van der Waals surface area (Å²) in [6, 6.07) is 0.368. The lowest BCUT2D eigenvalue weighted by molar-refractivity contribution is 0.584. The normalized spacial score (nSPS) is 25.1. The van der Waals surface area contributed by atoms with E-state index in [1.54, 1.807) is 0 Å². The Morgan fingerprint density at radius 1 is 1.67 bits per heavy atom. The zero-order valence-corrected chi connectivity index (χ0v) is 5.91. The van der Waals surface area contributed by atoms with E-state index in [2.05, 4.69) is 36.0 Å². The van der Waals surface area contributed by atoms with Crippen molar-refractivity contribution >= 4 is 6.34 Å². The van der Waals surface area contributed by atoms with Crippen LogP contribution >= 0.6 is 0 Å². The summed E-state index contributed by atoms with van der Waals surface area (Å²) < 4.78 is 0. The molecule has 1 aliphatic rings. The van der Waals surface area contributed by atoms with Crippen molar-refractivity contribution < 1.29 is 0 Å². The number of hydrogen-bond donors (Lipinski definition) is 0. The highest BCUT2D eigenvalue weighted by Crippen LogP contribution is 1.99. The molecule has 0 N–H and O–H groups in total. The lowest BCUT2D eigenvalue weighted by atomic mass is 10.3. The van der Waals surface area contributed by atoms with Crippen LogP contribution in [0, 0.1) is 0 Å². The van der Waals surface area contributed by atoms with Gasteiger partial charge in [0.25, 0.3) is 0 Å². The van der Waals surface area contributed by atoms with Gasteiger partial charge in [-0.05, 0) is 19.9 Å². The quantitative estimate of drug-likeness (QED) is 0.513. The smallest absolute Gasteiger partial charge is 0.0896 e. The molecule has 1 rings (SSSR count). The maximum absolute atomic E-state index is 4.20. The Morgan fingerprint density at radius 3 is 2.89 bits per heavy atom. The van der Waals surface area contributed by atoms with Gasteiger partial charge in [-0.3, -0.25) is 4.99 Å². The molecule has 0 aromatic heterocycles. The predicted molar refractivity (Wildman–Crippen MR) is 39.5 cm³/mol. The van der Waals surface area contributed by atoms with Crippen LogP contribution in [-0.2, 0) is 0 Å². The van der Waals surface area contributed by atoms with Crippen molar-refractivity contribution in [3.05, 3.63) is 12.3 Å². The van der Waals surface area contributed by atoms with Crippen LogP contribution in [0.4, 0.5) is 0 Å². The van der Waals surface area contributed by atoms with Crippen molar-refractivity contribution in [2.24, 2.45) is 4.99 Å². The molecule has 0 aliphatic carbocycles. The fourth-order valence-electron chi connectivity index (χ4n) is 0.701. The fourth-order valence-corrected chi connectivity index (χ4v) is 0.701. The summed E-state index contributed by atoms with van der Waals surface area (Å²) in [5.41, 5.74) is 0. The van der Waals surface area contributed by atoms with Crippen LogP contribution in [0.15, 0.2) is 17.3 Å². The number of rotatable bonds is 1. The van der Waals surface area contributed by atoms with Crippen molar-refractivity contribution in [1.29, 1.82) is 0 Å². The van der Waals surface area contributed by atoms with Gasteiger partial charge in [-0.1, -0.05) is 0 Å². The summed E-state index contributed by atoms with van der Waals surface area (Å²) in [7, 11) is 0. The standard InChI is InChI=1S/C7H12N2/c1-3-9-5-4-7(2)8-6-9/h4-7H,3H2,1-2H3. The van der Waals surface area contributed by atoms with Gasteiger partial charge in [-0.15, -0.1) is 0 Å². The molecular weight excluding hydrogens is 112 g/mol. The van der Waals surface area contributed by atoms with Gasteiger partial charge in [0.1, 0.15) is 0 Å². The molecule has 1 unspecified atom stereocenters. The molecule has 0 saturated carbocycles. The Labute approximate surface area is 55.9 Å². The Balaban J connectivity index is 2.48. The molecule has 0 aromatic carbocycles. The molecule has 0 aromatic rings. The Kier molecular flexibility index (Phi) is 1.88. The Bertz CT molecular complexity index is 124. The summed E-state index contributed by atoms with van der Waals surface area (Å²) in [6.45, 7) is 5.18. The highest BCUT2D eigenvalue weighted by molar-refractivity contribution is 5.58. The van der Waals surface area contributed by atoms with Gasteiger partial charge >= 0.3 is 0 Å². The lowest BCUT2D eigenvalue weighted by Gasteiger charge is -2.16. The molecular formula is C7H12N2.